The first-order valence-corrected chi connectivity index (χ1v) is 10.2. The molecule has 2 aliphatic rings. The molecule has 0 N–H and O–H groups in total. The number of carbonyl (C=O) groups excluding carboxylic acids is 2. The van der Waals surface area contributed by atoms with E-state index in [-0.39, 0.29) is 21.3 Å². The summed E-state index contributed by atoms with van der Waals surface area (Å²) >= 11 is 6.06. The Balaban J connectivity index is 1.84. The zero-order chi connectivity index (χ0) is 18.0. The van der Waals surface area contributed by atoms with E-state index in [4.69, 9.17) is 16.3 Å². The van der Waals surface area contributed by atoms with Gasteiger partial charge in [-0.1, -0.05) is 11.6 Å². The standard InChI is InChI=1S/C17H20ClNO5S/c18-14-8-7-12(25(22,23)19-9-3-4-10-19)11-13(14)17(21)24-16-6-2-1-5-15(16)20/h7-8,11,16H,1-6,9-10H2/t16-/m1/s1. The molecule has 25 heavy (non-hydrogen) atoms. The summed E-state index contributed by atoms with van der Waals surface area (Å²) in [4.78, 5) is 24.3. The molecule has 1 aliphatic carbocycles. The van der Waals surface area contributed by atoms with Crippen molar-refractivity contribution in [3.05, 3.63) is 28.8 Å². The molecule has 0 radical (unpaired) electrons. The lowest BCUT2D eigenvalue weighted by molar-refractivity contribution is -0.129. The maximum atomic E-state index is 12.6. The summed E-state index contributed by atoms with van der Waals surface area (Å²) in [6, 6.07) is 4.01. The van der Waals surface area contributed by atoms with Crippen LogP contribution in [0.1, 0.15) is 48.9 Å². The van der Waals surface area contributed by atoms with Crippen LogP contribution < -0.4 is 0 Å². The van der Waals surface area contributed by atoms with E-state index in [9.17, 15) is 18.0 Å². The smallest absolute Gasteiger partial charge is 0.340 e. The van der Waals surface area contributed by atoms with Gasteiger partial charge in [-0.05, 0) is 50.3 Å². The third-order valence-electron chi connectivity index (χ3n) is 4.61. The fourth-order valence-corrected chi connectivity index (χ4v) is 4.91. The molecule has 1 aromatic carbocycles. The molecule has 1 aliphatic heterocycles. The number of ketones is 1. The quantitative estimate of drug-likeness (QED) is 0.744. The number of hydrogen-bond donors (Lipinski definition) is 0. The van der Waals surface area contributed by atoms with E-state index < -0.39 is 22.1 Å². The van der Waals surface area contributed by atoms with Gasteiger partial charge in [0.15, 0.2) is 11.9 Å². The maximum Gasteiger partial charge on any atom is 0.340 e. The van der Waals surface area contributed by atoms with Crippen LogP contribution in [0.4, 0.5) is 0 Å². The third kappa shape index (κ3) is 3.88. The number of esters is 1. The maximum absolute atomic E-state index is 12.6. The van der Waals surface area contributed by atoms with E-state index in [1.807, 2.05) is 0 Å². The fourth-order valence-electron chi connectivity index (χ4n) is 3.17. The average molecular weight is 386 g/mol. The Hall–Kier alpha value is -1.44. The van der Waals surface area contributed by atoms with Crippen LogP contribution in [0, 0.1) is 0 Å². The predicted molar refractivity (Wildman–Crippen MR) is 92.1 cm³/mol. The van der Waals surface area contributed by atoms with Crippen molar-refractivity contribution < 1.29 is 22.7 Å². The molecule has 6 nitrogen and oxygen atoms in total. The van der Waals surface area contributed by atoms with E-state index in [1.54, 1.807) is 0 Å². The van der Waals surface area contributed by atoms with E-state index in [0.29, 0.717) is 25.9 Å². The Morgan fingerprint density at radius 3 is 2.56 bits per heavy atom. The summed E-state index contributed by atoms with van der Waals surface area (Å²) in [6.45, 7) is 0.947. The molecule has 1 aromatic rings. The number of nitrogens with zero attached hydrogens (tertiary/aromatic N) is 1. The summed E-state index contributed by atoms with van der Waals surface area (Å²) in [5.41, 5.74) is -0.0275. The highest BCUT2D eigenvalue weighted by atomic mass is 35.5. The van der Waals surface area contributed by atoms with Gasteiger partial charge in [-0.25, -0.2) is 13.2 Å². The second-order valence-corrected chi connectivity index (χ2v) is 8.70. The van der Waals surface area contributed by atoms with Crippen LogP contribution in [0.25, 0.3) is 0 Å². The van der Waals surface area contributed by atoms with Crippen LogP contribution in [0.2, 0.25) is 5.02 Å². The van der Waals surface area contributed by atoms with Crippen LogP contribution in [0.15, 0.2) is 23.1 Å². The molecule has 0 amide bonds. The summed E-state index contributed by atoms with van der Waals surface area (Å²) in [5, 5.41) is 0.105. The van der Waals surface area contributed by atoms with Crippen LogP contribution in [-0.2, 0) is 19.6 Å². The molecule has 2 fully saturated rings. The molecule has 8 heteroatoms. The van der Waals surface area contributed by atoms with Crippen molar-refractivity contribution in [2.45, 2.75) is 49.5 Å². The van der Waals surface area contributed by atoms with Crippen molar-refractivity contribution in [1.82, 2.24) is 4.31 Å². The lowest BCUT2D eigenvalue weighted by Crippen LogP contribution is -2.30. The van der Waals surface area contributed by atoms with E-state index >= 15 is 0 Å². The molecule has 0 spiro atoms. The molecule has 136 valence electrons. The molecule has 1 atom stereocenters. The lowest BCUT2D eigenvalue weighted by Gasteiger charge is -2.21. The van der Waals surface area contributed by atoms with Gasteiger partial charge in [0.1, 0.15) is 0 Å². The van der Waals surface area contributed by atoms with E-state index in [0.717, 1.165) is 25.7 Å². The Morgan fingerprint density at radius 1 is 1.16 bits per heavy atom. The van der Waals surface area contributed by atoms with Crippen LogP contribution in [-0.4, -0.2) is 43.7 Å². The Kier molecular flexibility index (Phi) is 5.46. The van der Waals surface area contributed by atoms with Gasteiger partial charge >= 0.3 is 5.97 Å². The largest absolute Gasteiger partial charge is 0.451 e. The molecular formula is C17H20ClNO5S. The number of Topliss-reactive ketones (excluding diaryl/α,β-unsaturated/α-hetero) is 1. The first-order valence-electron chi connectivity index (χ1n) is 8.43. The van der Waals surface area contributed by atoms with Gasteiger partial charge in [0.25, 0.3) is 0 Å². The van der Waals surface area contributed by atoms with Crippen molar-refractivity contribution in [2.75, 3.05) is 13.1 Å². The summed E-state index contributed by atoms with van der Waals surface area (Å²) in [7, 11) is -3.66. The molecule has 1 heterocycles. The van der Waals surface area contributed by atoms with Crippen molar-refractivity contribution in [2.24, 2.45) is 0 Å². The monoisotopic (exact) mass is 385 g/mol. The van der Waals surface area contributed by atoms with Gasteiger partial charge < -0.3 is 4.74 Å². The minimum atomic E-state index is -3.66. The van der Waals surface area contributed by atoms with Crippen molar-refractivity contribution in [3.8, 4) is 0 Å². The average Bonchev–Trinajstić information content (AvgIpc) is 3.12. The highest BCUT2D eigenvalue weighted by molar-refractivity contribution is 7.89. The minimum Gasteiger partial charge on any atom is -0.451 e. The Bertz CT molecular complexity index is 786. The van der Waals surface area contributed by atoms with E-state index in [2.05, 4.69) is 0 Å². The number of halogens is 1. The number of carbonyl (C=O) groups is 2. The highest BCUT2D eigenvalue weighted by Gasteiger charge is 2.30. The van der Waals surface area contributed by atoms with Gasteiger partial charge in [-0.3, -0.25) is 4.79 Å². The van der Waals surface area contributed by atoms with Gasteiger partial charge in [-0.2, -0.15) is 4.31 Å². The van der Waals surface area contributed by atoms with Crippen LogP contribution >= 0.6 is 11.6 Å². The number of benzene rings is 1. The minimum absolute atomic E-state index is 0.0146. The zero-order valence-corrected chi connectivity index (χ0v) is 15.3. The third-order valence-corrected chi connectivity index (χ3v) is 6.83. The summed E-state index contributed by atoms with van der Waals surface area (Å²) in [6.07, 6.45) is 3.40. The Labute approximate surface area is 152 Å². The first kappa shape index (κ1) is 18.4. The fraction of sp³-hybridized carbons (Fsp3) is 0.529. The zero-order valence-electron chi connectivity index (χ0n) is 13.7. The van der Waals surface area contributed by atoms with Crippen LogP contribution in [0.5, 0.6) is 0 Å². The highest BCUT2D eigenvalue weighted by Crippen LogP contribution is 2.27. The summed E-state index contributed by atoms with van der Waals surface area (Å²) < 4.78 is 32.0. The lowest BCUT2D eigenvalue weighted by atomic mass is 9.96. The normalized spacial score (nSPS) is 22.1. The van der Waals surface area contributed by atoms with Gasteiger partial charge in [0.05, 0.1) is 15.5 Å². The van der Waals surface area contributed by atoms with Crippen molar-refractivity contribution in [3.63, 3.8) is 0 Å². The van der Waals surface area contributed by atoms with Gasteiger partial charge in [0.2, 0.25) is 10.0 Å². The molecular weight excluding hydrogens is 366 g/mol. The van der Waals surface area contributed by atoms with E-state index in [1.165, 1.54) is 22.5 Å². The number of ether oxygens (including phenoxy) is 1. The summed E-state index contributed by atoms with van der Waals surface area (Å²) in [5.74, 6) is -0.861. The molecule has 3 rings (SSSR count). The topological polar surface area (TPSA) is 80.8 Å². The van der Waals surface area contributed by atoms with Gasteiger partial charge in [-0.15, -0.1) is 0 Å². The molecule has 1 saturated carbocycles. The second kappa shape index (κ2) is 7.43. The SMILES string of the molecule is O=C(O[C@@H]1CCCCC1=O)c1cc(S(=O)(=O)N2CCCC2)ccc1Cl. The number of sulfonamides is 1. The molecule has 1 saturated heterocycles. The first-order chi connectivity index (χ1) is 11.9. The molecule has 0 bridgehead atoms. The second-order valence-electron chi connectivity index (χ2n) is 6.36. The van der Waals surface area contributed by atoms with Crippen molar-refractivity contribution >= 4 is 33.4 Å². The van der Waals surface area contributed by atoms with Crippen molar-refractivity contribution in [1.29, 1.82) is 0 Å². The molecule has 0 unspecified atom stereocenters. The predicted octanol–water partition coefficient (Wildman–Crippen LogP) is 2.79. The van der Waals surface area contributed by atoms with Gasteiger partial charge in [0, 0.05) is 19.5 Å². The number of hydrogen-bond acceptors (Lipinski definition) is 5. The molecule has 0 aromatic heterocycles. The number of rotatable bonds is 4. The van der Waals surface area contributed by atoms with Crippen LogP contribution in [0.3, 0.4) is 0 Å². The Morgan fingerprint density at radius 2 is 1.88 bits per heavy atom.